The van der Waals surface area contributed by atoms with Crippen LogP contribution in [0.4, 0.5) is 5.82 Å². The van der Waals surface area contributed by atoms with E-state index in [1.807, 2.05) is 0 Å². The molecule has 0 aromatic carbocycles. The van der Waals surface area contributed by atoms with Gasteiger partial charge in [0, 0.05) is 31.1 Å². The fraction of sp³-hybridized carbons (Fsp3) is 0.273. The van der Waals surface area contributed by atoms with Gasteiger partial charge in [-0.2, -0.15) is 0 Å². The van der Waals surface area contributed by atoms with Crippen LogP contribution in [0.25, 0.3) is 0 Å². The molecule has 1 aliphatic heterocycles. The van der Waals surface area contributed by atoms with E-state index in [1.165, 1.54) is 17.2 Å². The zero-order valence-corrected chi connectivity index (χ0v) is 9.31. The molecule has 1 unspecified atom stereocenters. The highest BCUT2D eigenvalue weighted by Crippen LogP contribution is 2.31. The van der Waals surface area contributed by atoms with Crippen LogP contribution in [-0.4, -0.2) is 22.5 Å². The lowest BCUT2D eigenvalue weighted by molar-refractivity contribution is -0.117. The Morgan fingerprint density at radius 3 is 3.00 bits per heavy atom. The number of carbonyl (C=O) groups excluding carboxylic acids is 1. The van der Waals surface area contributed by atoms with E-state index in [0.717, 1.165) is 0 Å². The first-order valence-electron chi connectivity index (χ1n) is 4.89. The largest absolute Gasteiger partial charge is 0.504 e. The first kappa shape index (κ1) is 11.0. The van der Waals surface area contributed by atoms with Crippen LogP contribution in [-0.2, 0) is 4.79 Å². The van der Waals surface area contributed by atoms with Crippen molar-refractivity contribution in [3.63, 3.8) is 0 Å². The molecule has 1 aromatic rings. The van der Waals surface area contributed by atoms with Crippen LogP contribution in [0, 0.1) is 5.92 Å². The minimum atomic E-state index is -0.0782. The third kappa shape index (κ3) is 1.88. The minimum absolute atomic E-state index is 0.0602. The molecule has 0 bridgehead atoms. The highest BCUT2D eigenvalue weighted by atomic mass is 35.5. The second-order valence-corrected chi connectivity index (χ2v) is 4.14. The Hall–Kier alpha value is -1.55. The van der Waals surface area contributed by atoms with Crippen molar-refractivity contribution < 1.29 is 9.90 Å². The van der Waals surface area contributed by atoms with Gasteiger partial charge in [-0.3, -0.25) is 9.69 Å². The number of aromatic nitrogens is 1. The highest BCUT2D eigenvalue weighted by molar-refractivity contribution is 6.30. The van der Waals surface area contributed by atoms with E-state index in [-0.39, 0.29) is 23.4 Å². The van der Waals surface area contributed by atoms with Gasteiger partial charge in [-0.15, -0.1) is 6.58 Å². The van der Waals surface area contributed by atoms with Crippen molar-refractivity contribution in [2.75, 3.05) is 11.4 Å². The highest BCUT2D eigenvalue weighted by Gasteiger charge is 2.31. The lowest BCUT2D eigenvalue weighted by Gasteiger charge is -2.16. The Morgan fingerprint density at radius 2 is 2.44 bits per heavy atom. The Labute approximate surface area is 98.2 Å². The first-order valence-corrected chi connectivity index (χ1v) is 5.27. The Kier molecular flexibility index (Phi) is 2.83. The molecular weight excluding hydrogens is 228 g/mol. The van der Waals surface area contributed by atoms with Gasteiger partial charge < -0.3 is 5.11 Å². The smallest absolute Gasteiger partial charge is 0.228 e. The van der Waals surface area contributed by atoms with E-state index < -0.39 is 0 Å². The van der Waals surface area contributed by atoms with Crippen LogP contribution >= 0.6 is 11.6 Å². The number of aromatic hydroxyl groups is 1. The number of rotatable bonds is 2. The number of anilines is 1. The van der Waals surface area contributed by atoms with E-state index in [4.69, 9.17) is 11.6 Å². The average Bonchev–Trinajstić information content (AvgIpc) is 2.60. The van der Waals surface area contributed by atoms with Gasteiger partial charge in [-0.25, -0.2) is 4.98 Å². The number of pyridine rings is 1. The lowest BCUT2D eigenvalue weighted by Crippen LogP contribution is -2.25. The molecule has 2 rings (SSSR count). The van der Waals surface area contributed by atoms with Gasteiger partial charge in [0.05, 0.1) is 5.02 Å². The van der Waals surface area contributed by atoms with Crippen molar-refractivity contribution in [2.45, 2.75) is 6.42 Å². The summed E-state index contributed by atoms with van der Waals surface area (Å²) < 4.78 is 0. The molecule has 0 radical (unpaired) electrons. The summed E-state index contributed by atoms with van der Waals surface area (Å²) in [5.74, 6) is 0.240. The molecule has 1 aromatic heterocycles. The summed E-state index contributed by atoms with van der Waals surface area (Å²) in [6, 6.07) is 1.37. The minimum Gasteiger partial charge on any atom is -0.504 e. The van der Waals surface area contributed by atoms with Gasteiger partial charge in [0.15, 0.2) is 11.6 Å². The van der Waals surface area contributed by atoms with Crippen LogP contribution in [0.5, 0.6) is 5.75 Å². The van der Waals surface area contributed by atoms with Crippen molar-refractivity contribution in [3.8, 4) is 5.75 Å². The quantitative estimate of drug-likeness (QED) is 0.802. The third-order valence-electron chi connectivity index (χ3n) is 2.56. The molecule has 1 atom stereocenters. The van der Waals surface area contributed by atoms with Crippen molar-refractivity contribution in [1.29, 1.82) is 0 Å². The van der Waals surface area contributed by atoms with E-state index >= 15 is 0 Å². The molecule has 0 spiro atoms. The molecule has 1 amide bonds. The lowest BCUT2D eigenvalue weighted by atomic mass is 10.1. The molecule has 2 heterocycles. The number of carbonyl (C=O) groups is 1. The second kappa shape index (κ2) is 4.14. The SMILES string of the molecule is C=CC1CC(=O)N(c2ncc(Cl)cc2O)C1. The molecule has 1 aliphatic rings. The number of nitrogens with zero attached hydrogens (tertiary/aromatic N) is 2. The van der Waals surface area contributed by atoms with Crippen LogP contribution in [0.3, 0.4) is 0 Å². The van der Waals surface area contributed by atoms with Gasteiger partial charge in [0.25, 0.3) is 0 Å². The summed E-state index contributed by atoms with van der Waals surface area (Å²) >= 11 is 5.67. The Bertz CT molecular complexity index is 448. The molecule has 84 valence electrons. The summed E-state index contributed by atoms with van der Waals surface area (Å²) in [4.78, 5) is 17.1. The summed E-state index contributed by atoms with van der Waals surface area (Å²) in [6.07, 6.45) is 3.56. The summed E-state index contributed by atoms with van der Waals surface area (Å²) in [7, 11) is 0. The number of halogens is 1. The summed E-state index contributed by atoms with van der Waals surface area (Å²) in [5.41, 5.74) is 0. The van der Waals surface area contributed by atoms with Crippen LogP contribution in [0.1, 0.15) is 6.42 Å². The van der Waals surface area contributed by atoms with Gasteiger partial charge >= 0.3 is 0 Å². The van der Waals surface area contributed by atoms with Gasteiger partial charge in [0.1, 0.15) is 0 Å². The first-order chi connectivity index (χ1) is 7.61. The van der Waals surface area contributed by atoms with E-state index in [1.54, 1.807) is 6.08 Å². The van der Waals surface area contributed by atoms with Crippen LogP contribution in [0.2, 0.25) is 5.02 Å². The molecule has 0 aliphatic carbocycles. The number of hydrogen-bond acceptors (Lipinski definition) is 3. The average molecular weight is 239 g/mol. The summed E-state index contributed by atoms with van der Waals surface area (Å²) in [6.45, 7) is 4.16. The standard InChI is InChI=1S/C11H11ClN2O2/c1-2-7-3-10(16)14(6-7)11-9(15)4-8(12)5-13-11/h2,4-5,7,15H,1,3,6H2. The topological polar surface area (TPSA) is 53.4 Å². The van der Waals surface area contributed by atoms with E-state index in [2.05, 4.69) is 11.6 Å². The maximum Gasteiger partial charge on any atom is 0.228 e. The molecular formula is C11H11ClN2O2. The molecule has 1 fully saturated rings. The zero-order valence-electron chi connectivity index (χ0n) is 8.56. The molecule has 4 nitrogen and oxygen atoms in total. The predicted octanol–water partition coefficient (Wildman–Crippen LogP) is 1.98. The molecule has 0 saturated carbocycles. The fourth-order valence-corrected chi connectivity index (χ4v) is 1.88. The van der Waals surface area contributed by atoms with Gasteiger partial charge in [-0.05, 0) is 0 Å². The molecule has 16 heavy (non-hydrogen) atoms. The normalized spacial score (nSPS) is 20.2. The fourth-order valence-electron chi connectivity index (χ4n) is 1.73. The predicted molar refractivity (Wildman–Crippen MR) is 61.6 cm³/mol. The van der Waals surface area contributed by atoms with Crippen molar-refractivity contribution >= 4 is 23.3 Å². The van der Waals surface area contributed by atoms with Gasteiger partial charge in [0.2, 0.25) is 5.91 Å². The molecule has 5 heteroatoms. The summed E-state index contributed by atoms with van der Waals surface area (Å²) in [5, 5.41) is 10.0. The van der Waals surface area contributed by atoms with Crippen molar-refractivity contribution in [3.05, 3.63) is 29.9 Å². The second-order valence-electron chi connectivity index (χ2n) is 3.70. The third-order valence-corrected chi connectivity index (χ3v) is 2.76. The van der Waals surface area contributed by atoms with E-state index in [9.17, 15) is 9.90 Å². The van der Waals surface area contributed by atoms with Gasteiger partial charge in [-0.1, -0.05) is 17.7 Å². The van der Waals surface area contributed by atoms with Crippen molar-refractivity contribution in [2.24, 2.45) is 5.92 Å². The Morgan fingerprint density at radius 1 is 1.69 bits per heavy atom. The van der Waals surface area contributed by atoms with Crippen molar-refractivity contribution in [1.82, 2.24) is 4.98 Å². The van der Waals surface area contributed by atoms with E-state index in [0.29, 0.717) is 18.0 Å². The number of amides is 1. The Balaban J connectivity index is 2.31. The maximum atomic E-state index is 11.7. The molecule has 1 saturated heterocycles. The zero-order chi connectivity index (χ0) is 11.7. The monoisotopic (exact) mass is 238 g/mol. The number of hydrogen-bond donors (Lipinski definition) is 1. The molecule has 1 N–H and O–H groups in total. The van der Waals surface area contributed by atoms with Crippen LogP contribution < -0.4 is 4.90 Å². The maximum absolute atomic E-state index is 11.7. The van der Waals surface area contributed by atoms with Crippen LogP contribution in [0.15, 0.2) is 24.9 Å².